The minimum Gasteiger partial charge on any atom is -0.412 e. The Bertz CT molecular complexity index is 1120. The molecule has 3 aromatic rings. The molecule has 0 aliphatic carbocycles. The van der Waals surface area contributed by atoms with Crippen molar-refractivity contribution >= 4 is 39.4 Å². The molecule has 7 nitrogen and oxygen atoms in total. The summed E-state index contributed by atoms with van der Waals surface area (Å²) in [7, 11) is 3.94. The van der Waals surface area contributed by atoms with Crippen molar-refractivity contribution < 1.29 is 8.83 Å². The lowest BCUT2D eigenvalue weighted by Crippen LogP contribution is -2.24. The highest BCUT2D eigenvalue weighted by atomic mass is 35.5. The number of likely N-dealkylation sites (N-methyl/N-ethyl adjacent to an activating group) is 1. The van der Waals surface area contributed by atoms with Crippen LogP contribution in [0.1, 0.15) is 12.2 Å². The van der Waals surface area contributed by atoms with E-state index in [1.54, 1.807) is 6.07 Å². The van der Waals surface area contributed by atoms with E-state index in [0.29, 0.717) is 11.0 Å². The first-order valence-corrected chi connectivity index (χ1v) is 7.84. The smallest absolute Gasteiger partial charge is 0.412 e. The predicted octanol–water partition coefficient (Wildman–Crippen LogP) is 2.01. The first kappa shape index (κ1) is 15.2. The Balaban J connectivity index is 2.05. The maximum atomic E-state index is 11.5. The molecule has 0 radical (unpaired) electrons. The second kappa shape index (κ2) is 5.32. The van der Waals surface area contributed by atoms with Crippen molar-refractivity contribution in [3.63, 3.8) is 0 Å². The van der Waals surface area contributed by atoms with Crippen molar-refractivity contribution in [3.8, 4) is 0 Å². The van der Waals surface area contributed by atoms with E-state index in [-0.39, 0.29) is 16.2 Å². The van der Waals surface area contributed by atoms with Crippen LogP contribution in [0.15, 0.2) is 30.6 Å². The summed E-state index contributed by atoms with van der Waals surface area (Å²) in [5.74, 6) is 0.788. The molecule has 0 amide bonds. The van der Waals surface area contributed by atoms with Gasteiger partial charge in [0.15, 0.2) is 5.58 Å². The number of fused-ring (bicyclic) bond motifs is 3. The van der Waals surface area contributed by atoms with Gasteiger partial charge in [-0.1, -0.05) is 17.7 Å². The van der Waals surface area contributed by atoms with E-state index in [4.69, 9.17) is 20.4 Å². The molecule has 3 heterocycles. The zero-order valence-corrected chi connectivity index (χ0v) is 13.9. The highest BCUT2D eigenvalue weighted by molar-refractivity contribution is 6.36. The molecular formula is C16H14ClN3O4. The van der Waals surface area contributed by atoms with Gasteiger partial charge < -0.3 is 18.3 Å². The van der Waals surface area contributed by atoms with Crippen molar-refractivity contribution in [1.82, 2.24) is 14.5 Å². The first-order valence-electron chi connectivity index (χ1n) is 7.46. The number of hydrogen-bond donors (Lipinski definition) is 0. The van der Waals surface area contributed by atoms with Crippen LogP contribution in [-0.2, 0) is 7.05 Å². The van der Waals surface area contributed by atoms with Gasteiger partial charge in [-0.15, -0.1) is 0 Å². The van der Waals surface area contributed by atoms with Gasteiger partial charge in [-0.25, -0.2) is 14.6 Å². The standard InChI is InChI=1S/C16H14ClN3O4/c1-19-5-3-8(4-6-19)14-18-11-10(20(14)2)7-9(17)12-13(11)24-16(22)15(21)23-12/h3,7H,4-6H2,1-2H3. The number of imidazole rings is 1. The molecular weight excluding hydrogens is 334 g/mol. The Morgan fingerprint density at radius 2 is 1.88 bits per heavy atom. The predicted molar refractivity (Wildman–Crippen MR) is 90.4 cm³/mol. The second-order valence-electron chi connectivity index (χ2n) is 5.90. The molecule has 0 N–H and O–H groups in total. The fourth-order valence-corrected chi connectivity index (χ4v) is 3.19. The van der Waals surface area contributed by atoms with Crippen LogP contribution in [0.5, 0.6) is 0 Å². The summed E-state index contributed by atoms with van der Waals surface area (Å²) < 4.78 is 12.0. The van der Waals surface area contributed by atoms with Crippen LogP contribution in [-0.4, -0.2) is 34.6 Å². The summed E-state index contributed by atoms with van der Waals surface area (Å²) in [5.41, 5.74) is 0.255. The van der Waals surface area contributed by atoms with E-state index in [9.17, 15) is 9.59 Å². The van der Waals surface area contributed by atoms with Crippen molar-refractivity contribution in [3.05, 3.63) is 43.8 Å². The largest absolute Gasteiger partial charge is 0.423 e. The summed E-state index contributed by atoms with van der Waals surface area (Å²) in [4.78, 5) is 29.8. The monoisotopic (exact) mass is 347 g/mol. The summed E-state index contributed by atoms with van der Waals surface area (Å²) in [6.07, 6.45) is 3.00. The summed E-state index contributed by atoms with van der Waals surface area (Å²) in [6.45, 7) is 1.80. The van der Waals surface area contributed by atoms with Crippen LogP contribution in [0.4, 0.5) is 0 Å². The molecule has 24 heavy (non-hydrogen) atoms. The molecule has 0 saturated heterocycles. The van der Waals surface area contributed by atoms with Gasteiger partial charge >= 0.3 is 11.3 Å². The third kappa shape index (κ3) is 2.20. The number of halogens is 1. The van der Waals surface area contributed by atoms with Gasteiger partial charge in [-0.3, -0.25) is 0 Å². The molecule has 0 bridgehead atoms. The normalized spacial score (nSPS) is 16.0. The highest BCUT2D eigenvalue weighted by Crippen LogP contribution is 2.32. The Morgan fingerprint density at radius 1 is 1.17 bits per heavy atom. The van der Waals surface area contributed by atoms with Gasteiger partial charge in [0.25, 0.3) is 0 Å². The van der Waals surface area contributed by atoms with E-state index >= 15 is 0 Å². The van der Waals surface area contributed by atoms with Gasteiger partial charge in [0.05, 0.1) is 10.5 Å². The molecule has 0 fully saturated rings. The van der Waals surface area contributed by atoms with Crippen molar-refractivity contribution in [2.75, 3.05) is 20.1 Å². The van der Waals surface area contributed by atoms with Crippen LogP contribution >= 0.6 is 11.6 Å². The number of benzene rings is 1. The minimum atomic E-state index is -1.09. The number of rotatable bonds is 1. The summed E-state index contributed by atoms with van der Waals surface area (Å²) in [5, 5.41) is 0.199. The van der Waals surface area contributed by atoms with Crippen LogP contribution in [0.2, 0.25) is 5.02 Å². The van der Waals surface area contributed by atoms with Crippen molar-refractivity contribution in [1.29, 1.82) is 0 Å². The van der Waals surface area contributed by atoms with E-state index in [1.165, 1.54) is 0 Å². The zero-order chi connectivity index (χ0) is 17.0. The third-order valence-electron chi connectivity index (χ3n) is 4.30. The summed E-state index contributed by atoms with van der Waals surface area (Å²) >= 11 is 6.19. The molecule has 0 spiro atoms. The maximum absolute atomic E-state index is 11.5. The lowest BCUT2D eigenvalue weighted by molar-refractivity contribution is 0.369. The second-order valence-corrected chi connectivity index (χ2v) is 6.31. The fourth-order valence-electron chi connectivity index (χ4n) is 2.96. The van der Waals surface area contributed by atoms with Crippen LogP contribution < -0.4 is 11.3 Å². The molecule has 1 aliphatic rings. The topological polar surface area (TPSA) is 81.5 Å². The average molecular weight is 348 g/mol. The molecule has 0 unspecified atom stereocenters. The first-order chi connectivity index (χ1) is 11.5. The Labute approximate surface area is 140 Å². The van der Waals surface area contributed by atoms with Crippen molar-refractivity contribution in [2.24, 2.45) is 7.05 Å². The minimum absolute atomic E-state index is 0.0378. The van der Waals surface area contributed by atoms with Gasteiger partial charge in [0, 0.05) is 20.1 Å². The lowest BCUT2D eigenvalue weighted by Gasteiger charge is -2.21. The molecule has 0 saturated carbocycles. The van der Waals surface area contributed by atoms with Crippen LogP contribution in [0, 0.1) is 0 Å². The van der Waals surface area contributed by atoms with Crippen LogP contribution in [0.25, 0.3) is 27.8 Å². The van der Waals surface area contributed by atoms with E-state index < -0.39 is 11.3 Å². The van der Waals surface area contributed by atoms with Gasteiger partial charge in [-0.05, 0) is 25.1 Å². The molecule has 1 aliphatic heterocycles. The van der Waals surface area contributed by atoms with Crippen LogP contribution in [0.3, 0.4) is 0 Å². The number of aryl methyl sites for hydroxylation is 1. The molecule has 124 valence electrons. The molecule has 4 rings (SSSR count). The zero-order valence-electron chi connectivity index (χ0n) is 13.1. The number of aromatic nitrogens is 2. The molecule has 8 heteroatoms. The third-order valence-corrected chi connectivity index (χ3v) is 4.58. The Morgan fingerprint density at radius 3 is 2.54 bits per heavy atom. The average Bonchev–Trinajstić information content (AvgIpc) is 2.88. The highest BCUT2D eigenvalue weighted by Gasteiger charge is 2.21. The molecule has 0 atom stereocenters. The van der Waals surface area contributed by atoms with Gasteiger partial charge in [0.2, 0.25) is 5.58 Å². The molecule has 1 aromatic carbocycles. The number of nitrogens with zero attached hydrogens (tertiary/aromatic N) is 3. The maximum Gasteiger partial charge on any atom is 0.423 e. The van der Waals surface area contributed by atoms with E-state index in [1.807, 2.05) is 11.6 Å². The summed E-state index contributed by atoms with van der Waals surface area (Å²) in [6, 6.07) is 1.66. The van der Waals surface area contributed by atoms with E-state index in [0.717, 1.165) is 30.9 Å². The SMILES string of the molecule is CN1CC=C(c2nc3c4oc(=O)c(=O)oc4c(Cl)cc3n2C)CC1. The van der Waals surface area contributed by atoms with E-state index in [2.05, 4.69) is 23.0 Å². The molecule has 2 aromatic heterocycles. The van der Waals surface area contributed by atoms with Gasteiger partial charge in [-0.2, -0.15) is 0 Å². The van der Waals surface area contributed by atoms with Gasteiger partial charge in [0.1, 0.15) is 11.3 Å². The Kier molecular flexibility index (Phi) is 3.36. The fraction of sp³-hybridized carbons (Fsp3) is 0.312. The number of hydrogen-bond acceptors (Lipinski definition) is 6. The lowest BCUT2D eigenvalue weighted by atomic mass is 10.1. The van der Waals surface area contributed by atoms with Crippen molar-refractivity contribution in [2.45, 2.75) is 6.42 Å². The quantitative estimate of drug-likeness (QED) is 0.626. The Hall–Kier alpha value is -2.38.